The third kappa shape index (κ3) is 4.90. The highest BCUT2D eigenvalue weighted by atomic mass is 32.2. The molecule has 0 atom stereocenters. The van der Waals surface area contributed by atoms with Crippen LogP contribution in [-0.4, -0.2) is 27.7 Å². The Bertz CT molecular complexity index is 1270. The fraction of sp³-hybridized carbons (Fsp3) is 0.160. The third-order valence-corrected chi connectivity index (χ3v) is 6.27. The molecule has 1 saturated carbocycles. The summed E-state index contributed by atoms with van der Waals surface area (Å²) in [5.41, 5.74) is 5.84. The van der Waals surface area contributed by atoms with Gasteiger partial charge >= 0.3 is 0 Å². The fourth-order valence-electron chi connectivity index (χ4n) is 3.28. The first kappa shape index (κ1) is 20.5. The molecule has 7 heteroatoms. The lowest BCUT2D eigenvalue weighted by atomic mass is 10.2. The van der Waals surface area contributed by atoms with Crippen molar-refractivity contribution >= 4 is 40.7 Å². The first-order chi connectivity index (χ1) is 15.8. The Morgan fingerprint density at radius 2 is 2.00 bits per heavy atom. The van der Waals surface area contributed by atoms with Crippen molar-refractivity contribution in [3.05, 3.63) is 83.8 Å². The summed E-state index contributed by atoms with van der Waals surface area (Å²) in [5, 5.41) is 8.55. The van der Waals surface area contributed by atoms with E-state index in [1.54, 1.807) is 6.20 Å². The monoisotopic (exact) mass is 442 g/mol. The van der Waals surface area contributed by atoms with Gasteiger partial charge in [-0.25, -0.2) is 5.48 Å². The van der Waals surface area contributed by atoms with E-state index in [0.29, 0.717) is 18.1 Å². The lowest BCUT2D eigenvalue weighted by molar-refractivity contribution is 0.0268. The smallest absolute Gasteiger partial charge is 0.275 e. The summed E-state index contributed by atoms with van der Waals surface area (Å²) in [4.78, 5) is 24.1. The topological polar surface area (TPSA) is 79.9 Å². The number of hydroxylamine groups is 1. The van der Waals surface area contributed by atoms with E-state index < -0.39 is 0 Å². The Morgan fingerprint density at radius 1 is 1.12 bits per heavy atom. The minimum absolute atomic E-state index is 0.224. The van der Waals surface area contributed by atoms with E-state index >= 15 is 0 Å². The number of aromatic amines is 1. The molecular weight excluding hydrogens is 420 g/mol. The second-order valence-corrected chi connectivity index (χ2v) is 8.80. The van der Waals surface area contributed by atoms with Crippen LogP contribution in [0.25, 0.3) is 23.1 Å². The van der Waals surface area contributed by atoms with Crippen molar-refractivity contribution in [1.82, 2.24) is 20.7 Å². The van der Waals surface area contributed by atoms with Crippen LogP contribution in [0.2, 0.25) is 0 Å². The van der Waals surface area contributed by atoms with Gasteiger partial charge in [-0.2, -0.15) is 5.10 Å². The van der Waals surface area contributed by atoms with Gasteiger partial charge in [-0.1, -0.05) is 30.0 Å². The average molecular weight is 443 g/mol. The third-order valence-electron chi connectivity index (χ3n) is 5.20. The molecule has 2 aromatic heterocycles. The molecule has 4 aromatic rings. The van der Waals surface area contributed by atoms with E-state index in [4.69, 9.17) is 4.84 Å². The van der Waals surface area contributed by atoms with E-state index in [1.807, 2.05) is 72.8 Å². The van der Waals surface area contributed by atoms with E-state index in [9.17, 15) is 4.79 Å². The molecule has 32 heavy (non-hydrogen) atoms. The number of H-pyrrole nitrogens is 1. The SMILES string of the molecule is O=C(NOCC1CC1)c1ccccc1Sc1ccc2c(/C=C/c3ccccn3)n[nH]c2c1. The summed E-state index contributed by atoms with van der Waals surface area (Å²) < 4.78 is 0. The molecule has 5 rings (SSSR count). The van der Waals surface area contributed by atoms with Crippen molar-refractivity contribution in [2.24, 2.45) is 5.92 Å². The van der Waals surface area contributed by atoms with Gasteiger partial charge in [-0.05, 0) is 73.4 Å². The number of fused-ring (bicyclic) bond motifs is 1. The van der Waals surface area contributed by atoms with E-state index in [-0.39, 0.29) is 5.91 Å². The second-order valence-electron chi connectivity index (χ2n) is 7.69. The zero-order valence-corrected chi connectivity index (χ0v) is 18.1. The lowest BCUT2D eigenvalue weighted by Gasteiger charge is -2.10. The number of carbonyl (C=O) groups excluding carboxylic acids is 1. The highest BCUT2D eigenvalue weighted by Crippen LogP contribution is 2.33. The van der Waals surface area contributed by atoms with Gasteiger partial charge in [-0.3, -0.25) is 19.7 Å². The van der Waals surface area contributed by atoms with Crippen LogP contribution in [0.5, 0.6) is 0 Å². The maximum atomic E-state index is 12.6. The molecule has 0 radical (unpaired) electrons. The molecule has 160 valence electrons. The Morgan fingerprint density at radius 3 is 2.84 bits per heavy atom. The molecule has 0 bridgehead atoms. The van der Waals surface area contributed by atoms with Gasteiger partial charge in [0.25, 0.3) is 5.91 Å². The van der Waals surface area contributed by atoms with Gasteiger partial charge in [-0.15, -0.1) is 0 Å². The van der Waals surface area contributed by atoms with Gasteiger partial charge in [0.2, 0.25) is 0 Å². The number of carbonyl (C=O) groups is 1. The maximum Gasteiger partial charge on any atom is 0.275 e. The van der Waals surface area contributed by atoms with Gasteiger partial charge in [0.15, 0.2) is 0 Å². The maximum absolute atomic E-state index is 12.6. The van der Waals surface area contributed by atoms with Crippen LogP contribution < -0.4 is 5.48 Å². The molecule has 6 nitrogen and oxygen atoms in total. The zero-order chi connectivity index (χ0) is 21.8. The van der Waals surface area contributed by atoms with Gasteiger partial charge in [0.05, 0.1) is 29.1 Å². The van der Waals surface area contributed by atoms with Crippen molar-refractivity contribution < 1.29 is 9.63 Å². The first-order valence-electron chi connectivity index (χ1n) is 10.5. The number of rotatable bonds is 8. The highest BCUT2D eigenvalue weighted by Gasteiger charge is 2.22. The molecule has 2 heterocycles. The molecule has 1 fully saturated rings. The van der Waals surface area contributed by atoms with Crippen molar-refractivity contribution in [2.45, 2.75) is 22.6 Å². The van der Waals surface area contributed by atoms with E-state index in [2.05, 4.69) is 20.7 Å². The van der Waals surface area contributed by atoms with Crippen LogP contribution in [0.1, 0.15) is 34.6 Å². The van der Waals surface area contributed by atoms with Crippen molar-refractivity contribution in [3.8, 4) is 0 Å². The van der Waals surface area contributed by atoms with Crippen LogP contribution in [0, 0.1) is 5.92 Å². The summed E-state index contributed by atoms with van der Waals surface area (Å²) in [7, 11) is 0. The number of hydrogen-bond acceptors (Lipinski definition) is 5. The molecule has 0 aliphatic heterocycles. The van der Waals surface area contributed by atoms with Crippen molar-refractivity contribution in [1.29, 1.82) is 0 Å². The van der Waals surface area contributed by atoms with Crippen LogP contribution in [0.4, 0.5) is 0 Å². The Labute approximate surface area is 190 Å². The van der Waals surface area contributed by atoms with Crippen LogP contribution in [0.15, 0.2) is 76.7 Å². The lowest BCUT2D eigenvalue weighted by Crippen LogP contribution is -2.25. The number of aromatic nitrogens is 3. The predicted octanol–water partition coefficient (Wildman–Crippen LogP) is 5.35. The number of nitrogens with zero attached hydrogens (tertiary/aromatic N) is 2. The predicted molar refractivity (Wildman–Crippen MR) is 126 cm³/mol. The molecule has 0 spiro atoms. The summed E-state index contributed by atoms with van der Waals surface area (Å²) in [6.07, 6.45) is 8.02. The molecule has 1 aliphatic carbocycles. The Kier molecular flexibility index (Phi) is 6.00. The average Bonchev–Trinajstić information content (AvgIpc) is 3.57. The van der Waals surface area contributed by atoms with Gasteiger partial charge in [0.1, 0.15) is 0 Å². The number of amides is 1. The standard InChI is InChI=1S/C25H22N4O2S/c30-25(29-31-16-17-8-9-17)21-6-1-2-7-24(21)32-19-11-12-20-22(27-28-23(20)15-19)13-10-18-5-3-4-14-26-18/h1-7,10-15,17H,8-9,16H2,(H,27,28)(H,29,30)/b13-10+. The number of nitrogens with one attached hydrogen (secondary N) is 2. The molecule has 1 amide bonds. The van der Waals surface area contributed by atoms with Crippen LogP contribution in [-0.2, 0) is 4.84 Å². The highest BCUT2D eigenvalue weighted by molar-refractivity contribution is 7.99. The quantitative estimate of drug-likeness (QED) is 0.360. The Hall–Kier alpha value is -3.42. The largest absolute Gasteiger partial charge is 0.277 e. The molecular formula is C25H22N4O2S. The number of hydrogen-bond donors (Lipinski definition) is 2. The zero-order valence-electron chi connectivity index (χ0n) is 17.3. The molecule has 2 N–H and O–H groups in total. The van der Waals surface area contributed by atoms with Gasteiger partial charge < -0.3 is 0 Å². The first-order valence-corrected chi connectivity index (χ1v) is 11.3. The van der Waals surface area contributed by atoms with Crippen molar-refractivity contribution in [2.75, 3.05) is 6.61 Å². The van der Waals surface area contributed by atoms with E-state index in [0.717, 1.165) is 32.1 Å². The summed E-state index contributed by atoms with van der Waals surface area (Å²) in [6, 6.07) is 19.5. The fourth-order valence-corrected chi connectivity index (χ4v) is 4.27. The van der Waals surface area contributed by atoms with Crippen molar-refractivity contribution in [3.63, 3.8) is 0 Å². The van der Waals surface area contributed by atoms with Crippen LogP contribution in [0.3, 0.4) is 0 Å². The molecule has 2 aromatic carbocycles. The molecule has 0 unspecified atom stereocenters. The second kappa shape index (κ2) is 9.38. The normalized spacial score (nSPS) is 13.6. The molecule has 1 aliphatic rings. The molecule has 0 saturated heterocycles. The van der Waals surface area contributed by atoms with Gasteiger partial charge in [0, 0.05) is 21.4 Å². The summed E-state index contributed by atoms with van der Waals surface area (Å²) in [5.74, 6) is 0.364. The number of pyridine rings is 1. The summed E-state index contributed by atoms with van der Waals surface area (Å²) in [6.45, 7) is 0.578. The summed E-state index contributed by atoms with van der Waals surface area (Å²) >= 11 is 1.54. The van der Waals surface area contributed by atoms with E-state index in [1.165, 1.54) is 24.6 Å². The van der Waals surface area contributed by atoms with Crippen LogP contribution >= 0.6 is 11.8 Å². The number of benzene rings is 2. The Balaban J connectivity index is 1.31. The minimum atomic E-state index is -0.224. The minimum Gasteiger partial charge on any atom is -0.277 e.